The van der Waals surface area contributed by atoms with Gasteiger partial charge in [0.05, 0.1) is 5.69 Å². The van der Waals surface area contributed by atoms with Gasteiger partial charge in [-0.3, -0.25) is 0 Å². The standard InChI is InChI=1S/C21H24N4O2/c1-4-25(5-2)21-23-15(3)19(22)20(24-21)27-18-13-11-17(12-14-18)26-16-9-7-6-8-10-16/h6-14H,4-5,22H2,1-3H3. The Morgan fingerprint density at radius 2 is 1.37 bits per heavy atom. The Morgan fingerprint density at radius 3 is 1.96 bits per heavy atom. The van der Waals surface area contributed by atoms with Crippen molar-refractivity contribution in [1.29, 1.82) is 0 Å². The van der Waals surface area contributed by atoms with Crippen molar-refractivity contribution in [3.63, 3.8) is 0 Å². The van der Waals surface area contributed by atoms with Gasteiger partial charge in [0.25, 0.3) is 0 Å². The molecule has 0 aliphatic heterocycles. The van der Waals surface area contributed by atoms with E-state index in [4.69, 9.17) is 15.2 Å². The van der Waals surface area contributed by atoms with Gasteiger partial charge in [0.15, 0.2) is 0 Å². The quantitative estimate of drug-likeness (QED) is 0.649. The Kier molecular flexibility index (Phi) is 5.76. The van der Waals surface area contributed by atoms with Crippen molar-refractivity contribution in [2.24, 2.45) is 0 Å². The van der Waals surface area contributed by atoms with Crippen LogP contribution < -0.4 is 20.1 Å². The second-order valence-corrected chi connectivity index (χ2v) is 5.99. The lowest BCUT2D eigenvalue weighted by molar-refractivity contribution is 0.457. The number of rotatable bonds is 7. The molecular weight excluding hydrogens is 340 g/mol. The number of aromatic nitrogens is 2. The lowest BCUT2D eigenvalue weighted by atomic mass is 10.3. The number of ether oxygens (including phenoxy) is 2. The van der Waals surface area contributed by atoms with Gasteiger partial charge in [-0.2, -0.15) is 4.98 Å². The number of hydrogen-bond donors (Lipinski definition) is 1. The van der Waals surface area contributed by atoms with E-state index >= 15 is 0 Å². The molecule has 0 radical (unpaired) electrons. The van der Waals surface area contributed by atoms with Crippen LogP contribution in [0.4, 0.5) is 11.6 Å². The summed E-state index contributed by atoms with van der Waals surface area (Å²) in [6.07, 6.45) is 0. The van der Waals surface area contributed by atoms with E-state index in [9.17, 15) is 0 Å². The molecule has 0 aliphatic rings. The van der Waals surface area contributed by atoms with Gasteiger partial charge in [0.1, 0.15) is 22.9 Å². The number of hydrogen-bond acceptors (Lipinski definition) is 6. The number of nitrogen functional groups attached to an aromatic ring is 1. The molecule has 2 aromatic carbocycles. The van der Waals surface area contributed by atoms with Crippen LogP contribution in [0.5, 0.6) is 23.1 Å². The molecular formula is C21H24N4O2. The largest absolute Gasteiger partial charge is 0.457 e. The fourth-order valence-corrected chi connectivity index (χ4v) is 2.58. The van der Waals surface area contributed by atoms with Crippen molar-refractivity contribution >= 4 is 11.6 Å². The van der Waals surface area contributed by atoms with Gasteiger partial charge >= 0.3 is 0 Å². The van der Waals surface area contributed by atoms with E-state index in [1.807, 2.05) is 61.5 Å². The van der Waals surface area contributed by atoms with Gasteiger partial charge < -0.3 is 20.1 Å². The third-order valence-electron chi connectivity index (χ3n) is 4.15. The van der Waals surface area contributed by atoms with E-state index in [1.54, 1.807) is 0 Å². The van der Waals surface area contributed by atoms with Crippen LogP contribution in [0.1, 0.15) is 19.5 Å². The third-order valence-corrected chi connectivity index (χ3v) is 4.15. The molecule has 0 fully saturated rings. The zero-order valence-corrected chi connectivity index (χ0v) is 15.8. The van der Waals surface area contributed by atoms with Crippen molar-refractivity contribution < 1.29 is 9.47 Å². The summed E-state index contributed by atoms with van der Waals surface area (Å²) in [5.41, 5.74) is 7.26. The first-order valence-corrected chi connectivity index (χ1v) is 9.00. The molecule has 0 spiro atoms. The van der Waals surface area contributed by atoms with Crippen LogP contribution in [0, 0.1) is 6.92 Å². The van der Waals surface area contributed by atoms with Crippen LogP contribution in [0.3, 0.4) is 0 Å². The highest BCUT2D eigenvalue weighted by molar-refractivity contribution is 5.56. The van der Waals surface area contributed by atoms with Crippen molar-refractivity contribution in [2.45, 2.75) is 20.8 Å². The molecule has 1 heterocycles. The molecule has 27 heavy (non-hydrogen) atoms. The number of nitrogens with zero attached hydrogens (tertiary/aromatic N) is 3. The summed E-state index contributed by atoms with van der Waals surface area (Å²) < 4.78 is 11.7. The summed E-state index contributed by atoms with van der Waals surface area (Å²) in [4.78, 5) is 11.0. The van der Waals surface area contributed by atoms with Crippen molar-refractivity contribution in [2.75, 3.05) is 23.7 Å². The van der Waals surface area contributed by atoms with Gasteiger partial charge in [-0.1, -0.05) is 18.2 Å². The number of anilines is 2. The molecule has 0 unspecified atom stereocenters. The maximum atomic E-state index is 6.12. The zero-order chi connectivity index (χ0) is 19.2. The molecule has 0 amide bonds. The summed E-state index contributed by atoms with van der Waals surface area (Å²) >= 11 is 0. The first-order chi connectivity index (χ1) is 13.1. The van der Waals surface area contributed by atoms with E-state index in [2.05, 4.69) is 28.7 Å². The second-order valence-electron chi connectivity index (χ2n) is 5.99. The minimum atomic E-state index is 0.362. The second kappa shape index (κ2) is 8.40. The number of para-hydroxylation sites is 1. The Bertz CT molecular complexity index is 879. The maximum absolute atomic E-state index is 6.12. The van der Waals surface area contributed by atoms with Crippen molar-refractivity contribution in [1.82, 2.24) is 9.97 Å². The van der Waals surface area contributed by atoms with Gasteiger partial charge in [0, 0.05) is 13.1 Å². The van der Waals surface area contributed by atoms with Crippen molar-refractivity contribution in [3.05, 3.63) is 60.3 Å². The molecule has 1 aromatic heterocycles. The number of nitrogens with two attached hydrogens (primary N) is 1. The van der Waals surface area contributed by atoms with Gasteiger partial charge in [0.2, 0.25) is 11.8 Å². The molecule has 140 valence electrons. The van der Waals surface area contributed by atoms with Crippen molar-refractivity contribution in [3.8, 4) is 23.1 Å². The monoisotopic (exact) mass is 364 g/mol. The van der Waals surface area contributed by atoms with Crippen LogP contribution >= 0.6 is 0 Å². The lowest BCUT2D eigenvalue weighted by Crippen LogP contribution is -2.24. The SMILES string of the molecule is CCN(CC)c1nc(C)c(N)c(Oc2ccc(Oc3ccccc3)cc2)n1. The van der Waals surface area contributed by atoms with Crippen LogP contribution in [0.25, 0.3) is 0 Å². The van der Waals surface area contributed by atoms with Gasteiger partial charge in [-0.25, -0.2) is 4.98 Å². The van der Waals surface area contributed by atoms with Crippen LogP contribution in [-0.4, -0.2) is 23.1 Å². The first kappa shape index (κ1) is 18.5. The predicted octanol–water partition coefficient (Wildman–Crippen LogP) is 4.80. The van der Waals surface area contributed by atoms with E-state index < -0.39 is 0 Å². The molecule has 0 saturated carbocycles. The molecule has 6 heteroatoms. The summed E-state index contributed by atoms with van der Waals surface area (Å²) in [7, 11) is 0. The lowest BCUT2D eigenvalue weighted by Gasteiger charge is -2.20. The summed E-state index contributed by atoms with van der Waals surface area (Å²) in [6.45, 7) is 7.60. The molecule has 0 bridgehead atoms. The maximum Gasteiger partial charge on any atom is 0.247 e. The molecule has 3 aromatic rings. The summed E-state index contributed by atoms with van der Waals surface area (Å²) in [6, 6.07) is 17.0. The topological polar surface area (TPSA) is 73.5 Å². The normalized spacial score (nSPS) is 10.5. The Hall–Kier alpha value is -3.28. The fraction of sp³-hybridized carbons (Fsp3) is 0.238. The third kappa shape index (κ3) is 4.47. The highest BCUT2D eigenvalue weighted by Crippen LogP contribution is 2.31. The highest BCUT2D eigenvalue weighted by Gasteiger charge is 2.14. The van der Waals surface area contributed by atoms with E-state index in [-0.39, 0.29) is 0 Å². The van der Waals surface area contributed by atoms with Gasteiger partial charge in [-0.15, -0.1) is 0 Å². The molecule has 6 nitrogen and oxygen atoms in total. The molecule has 0 aliphatic carbocycles. The average molecular weight is 364 g/mol. The smallest absolute Gasteiger partial charge is 0.247 e. The number of benzene rings is 2. The first-order valence-electron chi connectivity index (χ1n) is 9.00. The van der Waals surface area contributed by atoms with Crippen LogP contribution in [0.15, 0.2) is 54.6 Å². The molecule has 0 atom stereocenters. The van der Waals surface area contributed by atoms with E-state index in [0.717, 1.165) is 24.6 Å². The Morgan fingerprint density at radius 1 is 0.815 bits per heavy atom. The zero-order valence-electron chi connectivity index (χ0n) is 15.8. The molecule has 0 saturated heterocycles. The predicted molar refractivity (Wildman–Crippen MR) is 108 cm³/mol. The van der Waals surface area contributed by atoms with E-state index in [1.165, 1.54) is 0 Å². The van der Waals surface area contributed by atoms with Crippen LogP contribution in [0.2, 0.25) is 0 Å². The summed E-state index contributed by atoms with van der Waals surface area (Å²) in [5, 5.41) is 0. The minimum absolute atomic E-state index is 0.362. The average Bonchev–Trinajstić information content (AvgIpc) is 2.69. The number of aryl methyl sites for hydroxylation is 1. The van der Waals surface area contributed by atoms with Crippen LogP contribution in [-0.2, 0) is 0 Å². The molecule has 3 rings (SSSR count). The van der Waals surface area contributed by atoms with Gasteiger partial charge in [-0.05, 0) is 57.2 Å². The molecule has 2 N–H and O–H groups in total. The fourth-order valence-electron chi connectivity index (χ4n) is 2.58. The minimum Gasteiger partial charge on any atom is -0.457 e. The van der Waals surface area contributed by atoms with E-state index in [0.29, 0.717) is 29.0 Å². The Balaban J connectivity index is 1.78. The Labute approximate surface area is 159 Å². The summed E-state index contributed by atoms with van der Waals surface area (Å²) in [5.74, 6) is 3.12. The highest BCUT2D eigenvalue weighted by atomic mass is 16.5.